The van der Waals surface area contributed by atoms with E-state index in [1.165, 1.54) is 17.8 Å². The van der Waals surface area contributed by atoms with E-state index in [0.29, 0.717) is 36.3 Å². The number of aromatic nitrogens is 2. The summed E-state index contributed by atoms with van der Waals surface area (Å²) in [5, 5.41) is 30.7. The number of phenols is 1. The number of nitrogens with two attached hydrogens (primary N) is 1. The predicted molar refractivity (Wildman–Crippen MR) is 198 cm³/mol. The van der Waals surface area contributed by atoms with Crippen molar-refractivity contribution >= 4 is 69.2 Å². The number of allylic oxidation sites excluding steroid dienone is 1. The SMILES string of the molecule is Nc1nc(/C(=N/OC2CCCC2)C(=O)N[C@@H]2C(=O)N3C(C(=O)O)=C(C=C4CCN(Cc5cc[n+](CC(=O)Nc6ccccc6O)cc5)C4=O)CS[C@H]23)cs1. The molecule has 6 N–H and O–H groups in total. The molecule has 280 valence electrons. The average Bonchev–Trinajstić information content (AvgIpc) is 3.91. The third kappa shape index (κ3) is 7.79. The normalized spacial score (nSPS) is 21.0. The predicted octanol–water partition coefficient (Wildman–Crippen LogP) is 2.12. The number of pyridine rings is 1. The van der Waals surface area contributed by atoms with Crippen LogP contribution in [0.4, 0.5) is 10.8 Å². The van der Waals surface area contributed by atoms with E-state index in [0.717, 1.165) is 47.5 Å². The maximum atomic E-state index is 13.4. The molecule has 2 saturated heterocycles. The topological polar surface area (TPSA) is 221 Å². The van der Waals surface area contributed by atoms with Crippen molar-refractivity contribution in [1.29, 1.82) is 0 Å². The van der Waals surface area contributed by atoms with Crippen molar-refractivity contribution in [3.8, 4) is 5.75 Å². The largest absolute Gasteiger partial charge is 0.506 e. The van der Waals surface area contributed by atoms with Crippen molar-refractivity contribution < 1.29 is 43.6 Å². The van der Waals surface area contributed by atoms with Crippen molar-refractivity contribution in [3.05, 3.63) is 88.3 Å². The Morgan fingerprint density at radius 3 is 2.59 bits per heavy atom. The Balaban J connectivity index is 0.984. The molecule has 3 aliphatic heterocycles. The van der Waals surface area contributed by atoms with Gasteiger partial charge in [-0.3, -0.25) is 24.1 Å². The number of aromatic hydroxyl groups is 1. The fourth-order valence-corrected chi connectivity index (χ4v) is 8.56. The number of benzene rings is 1. The zero-order valence-corrected chi connectivity index (χ0v) is 30.5. The summed E-state index contributed by atoms with van der Waals surface area (Å²) in [6, 6.07) is 9.05. The highest BCUT2D eigenvalue weighted by Crippen LogP contribution is 2.41. The van der Waals surface area contributed by atoms with Gasteiger partial charge in [0.2, 0.25) is 12.5 Å². The molecule has 1 saturated carbocycles. The number of aliphatic carboxylic acids is 1. The molecule has 0 radical (unpaired) electrons. The van der Waals surface area contributed by atoms with Gasteiger partial charge in [-0.25, -0.2) is 9.78 Å². The van der Waals surface area contributed by atoms with Gasteiger partial charge in [-0.15, -0.1) is 23.1 Å². The van der Waals surface area contributed by atoms with Gasteiger partial charge in [0.1, 0.15) is 34.7 Å². The summed E-state index contributed by atoms with van der Waals surface area (Å²) in [6.07, 6.45) is 8.93. The standard InChI is InChI=1S/C36H36N8O8S2/c37-36-39-25(19-54-36)28(41-52-23-5-1-2-6-23)31(47)40-29-33(49)44-30(35(50)51)22(18-53-34(29)44)15-21-11-14-43(32(21)48)16-20-9-12-42(13-10-20)17-27(46)38-24-7-3-4-8-26(24)45/h3-4,7-10,12-13,15,19,23,29,34H,1-2,5-6,11,14,16-18H2,(H5-,37,38,39,40,41,45,46,47,50,51)/p+1/t29-,34-/m1/s1. The van der Waals surface area contributed by atoms with Gasteiger partial charge in [0.25, 0.3) is 17.7 Å². The van der Waals surface area contributed by atoms with Crippen molar-refractivity contribution in [2.45, 2.75) is 62.7 Å². The number of fused-ring (bicyclic) bond motifs is 1. The van der Waals surface area contributed by atoms with E-state index in [4.69, 9.17) is 10.6 Å². The van der Waals surface area contributed by atoms with Gasteiger partial charge >= 0.3 is 5.97 Å². The third-order valence-corrected chi connectivity index (χ3v) is 11.4. The zero-order chi connectivity index (χ0) is 37.9. The molecule has 3 fully saturated rings. The number of carbonyl (C=O) groups excluding carboxylic acids is 4. The molecule has 1 aliphatic carbocycles. The molecule has 0 unspecified atom stereocenters. The van der Waals surface area contributed by atoms with Gasteiger partial charge in [0.15, 0.2) is 23.2 Å². The molecule has 4 aliphatic rings. The monoisotopic (exact) mass is 773 g/mol. The van der Waals surface area contributed by atoms with E-state index in [-0.39, 0.29) is 58.2 Å². The second-order valence-electron chi connectivity index (χ2n) is 13.2. The Morgan fingerprint density at radius 1 is 1.13 bits per heavy atom. The molecule has 16 nitrogen and oxygen atoms in total. The molecule has 4 amide bonds. The maximum Gasteiger partial charge on any atom is 0.352 e. The molecule has 2 atom stereocenters. The average molecular weight is 774 g/mol. The van der Waals surface area contributed by atoms with Crippen LogP contribution in [0.2, 0.25) is 0 Å². The van der Waals surface area contributed by atoms with Gasteiger partial charge in [-0.05, 0) is 61.4 Å². The van der Waals surface area contributed by atoms with E-state index in [2.05, 4.69) is 20.8 Å². The fourth-order valence-electron chi connectivity index (χ4n) is 6.70. The lowest BCUT2D eigenvalue weighted by Gasteiger charge is -2.49. The van der Waals surface area contributed by atoms with Gasteiger partial charge in [0.05, 0.1) is 5.69 Å². The first kappa shape index (κ1) is 36.6. The highest BCUT2D eigenvalue weighted by atomic mass is 32.2. The van der Waals surface area contributed by atoms with Crippen LogP contribution in [0, 0.1) is 0 Å². The number of nitrogen functional groups attached to an aromatic ring is 1. The molecule has 7 rings (SSSR count). The molecular weight excluding hydrogens is 737 g/mol. The second kappa shape index (κ2) is 15.7. The van der Waals surface area contributed by atoms with Crippen molar-refractivity contribution in [1.82, 2.24) is 20.1 Å². The Hall–Kier alpha value is -5.75. The number of rotatable bonds is 12. The van der Waals surface area contributed by atoms with Crippen molar-refractivity contribution in [2.75, 3.05) is 23.3 Å². The molecule has 2 aromatic heterocycles. The number of thioether (sulfide) groups is 1. The van der Waals surface area contributed by atoms with Gasteiger partial charge < -0.3 is 36.3 Å². The molecule has 0 spiro atoms. The van der Waals surface area contributed by atoms with Crippen LogP contribution < -0.4 is 20.9 Å². The van der Waals surface area contributed by atoms with Gasteiger partial charge in [-0.2, -0.15) is 4.57 Å². The molecule has 3 aromatic rings. The first-order valence-corrected chi connectivity index (χ1v) is 19.2. The number of carbonyl (C=O) groups is 5. The summed E-state index contributed by atoms with van der Waals surface area (Å²) in [6.45, 7) is 0.742. The molecule has 5 heterocycles. The van der Waals surface area contributed by atoms with Crippen molar-refractivity contribution in [2.24, 2.45) is 5.16 Å². The molecule has 0 bridgehead atoms. The maximum absolute atomic E-state index is 13.4. The van der Waals surface area contributed by atoms with Crippen LogP contribution >= 0.6 is 23.1 Å². The van der Waals surface area contributed by atoms with Crippen molar-refractivity contribution in [3.63, 3.8) is 0 Å². The lowest BCUT2D eigenvalue weighted by molar-refractivity contribution is -0.684. The Morgan fingerprint density at radius 2 is 1.89 bits per heavy atom. The number of likely N-dealkylation sites (tertiary alicyclic amines) is 1. The second-order valence-corrected chi connectivity index (χ2v) is 15.1. The van der Waals surface area contributed by atoms with Crippen LogP contribution in [0.1, 0.15) is 43.4 Å². The number of nitrogens with one attached hydrogen (secondary N) is 2. The first-order chi connectivity index (χ1) is 26.0. The summed E-state index contributed by atoms with van der Waals surface area (Å²) in [7, 11) is 0. The number of nitrogens with zero attached hydrogens (tertiary/aromatic N) is 5. The number of carboxylic acids is 1. The van der Waals surface area contributed by atoms with Crippen LogP contribution in [-0.2, 0) is 41.9 Å². The Labute approximate surface area is 317 Å². The number of carboxylic acid groups (broad SMARTS) is 1. The van der Waals surface area contributed by atoms with Crippen LogP contribution in [0.25, 0.3) is 0 Å². The zero-order valence-electron chi connectivity index (χ0n) is 28.8. The Kier molecular flexibility index (Phi) is 10.6. The Bertz CT molecular complexity index is 2090. The van der Waals surface area contributed by atoms with E-state index in [1.54, 1.807) is 63.6 Å². The number of hydrogen-bond acceptors (Lipinski definition) is 12. The third-order valence-electron chi connectivity index (χ3n) is 9.46. The van der Waals surface area contributed by atoms with Crippen LogP contribution in [0.3, 0.4) is 0 Å². The summed E-state index contributed by atoms with van der Waals surface area (Å²) >= 11 is 2.42. The number of oxime groups is 1. The summed E-state index contributed by atoms with van der Waals surface area (Å²) in [5.41, 5.74) is 7.58. The number of thiazole rings is 1. The van der Waals surface area contributed by atoms with Gasteiger partial charge in [-0.1, -0.05) is 17.3 Å². The number of β-lactam (4-membered cyclic amide) rings is 1. The minimum atomic E-state index is -1.32. The minimum absolute atomic E-state index is 0.0173. The lowest BCUT2D eigenvalue weighted by Crippen LogP contribution is -2.71. The highest BCUT2D eigenvalue weighted by Gasteiger charge is 2.54. The number of para-hydroxylation sites is 2. The number of amides is 4. The lowest BCUT2D eigenvalue weighted by atomic mass is 10.0. The number of hydrogen-bond donors (Lipinski definition) is 5. The first-order valence-electron chi connectivity index (χ1n) is 17.3. The molecule has 1 aromatic carbocycles. The summed E-state index contributed by atoms with van der Waals surface area (Å²) < 4.78 is 1.67. The number of anilines is 2. The molecule has 54 heavy (non-hydrogen) atoms. The van der Waals surface area contributed by atoms with E-state index in [1.807, 2.05) is 0 Å². The number of phenolic OH excluding ortho intramolecular Hbond substituents is 1. The molecular formula is C36H37N8O8S2+. The van der Waals surface area contributed by atoms with E-state index in [9.17, 15) is 34.2 Å². The summed E-state index contributed by atoms with van der Waals surface area (Å²) in [4.78, 5) is 77.9. The van der Waals surface area contributed by atoms with E-state index >= 15 is 0 Å². The highest BCUT2D eigenvalue weighted by molar-refractivity contribution is 8.00. The van der Waals surface area contributed by atoms with Gasteiger partial charge in [0, 0.05) is 41.9 Å². The van der Waals surface area contributed by atoms with Crippen LogP contribution in [0.15, 0.2) is 82.2 Å². The van der Waals surface area contributed by atoms with E-state index < -0.39 is 29.2 Å². The minimum Gasteiger partial charge on any atom is -0.506 e. The van der Waals surface area contributed by atoms with Crippen LogP contribution in [-0.4, -0.2) is 90.1 Å². The van der Waals surface area contributed by atoms with Crippen LogP contribution in [0.5, 0.6) is 5.75 Å². The quantitative estimate of drug-likeness (QED) is 0.0448. The smallest absolute Gasteiger partial charge is 0.352 e. The molecule has 18 heteroatoms. The summed E-state index contributed by atoms with van der Waals surface area (Å²) in [5.74, 6) is -2.99. The fraction of sp³-hybridized carbons (Fsp3) is 0.333.